The van der Waals surface area contributed by atoms with E-state index in [0.29, 0.717) is 19.0 Å². The zero-order valence-electron chi connectivity index (χ0n) is 15.7. The Balaban J connectivity index is 1.51. The third-order valence-electron chi connectivity index (χ3n) is 5.36. The second-order valence-electron chi connectivity index (χ2n) is 7.40. The van der Waals surface area contributed by atoms with Crippen molar-refractivity contribution in [3.8, 4) is 0 Å². The topological polar surface area (TPSA) is 38.1 Å². The van der Waals surface area contributed by atoms with Gasteiger partial charge in [0.25, 0.3) is 5.91 Å². The number of hydrogen-bond donors (Lipinski definition) is 0. The van der Waals surface area contributed by atoms with Crippen LogP contribution in [-0.2, 0) is 13.1 Å². The number of nitrogens with zero attached hydrogens (tertiary/aromatic N) is 3. The van der Waals surface area contributed by atoms with Gasteiger partial charge in [-0.1, -0.05) is 42.5 Å². The molecule has 1 amide bonds. The van der Waals surface area contributed by atoms with Gasteiger partial charge in [0, 0.05) is 30.5 Å². The molecule has 1 fully saturated rings. The lowest BCUT2D eigenvalue weighted by molar-refractivity contribution is 0.0654. The van der Waals surface area contributed by atoms with Crippen LogP contribution in [-0.4, -0.2) is 26.6 Å². The summed E-state index contributed by atoms with van der Waals surface area (Å²) in [6, 6.07) is 20.4. The Kier molecular flexibility index (Phi) is 5.05. The van der Waals surface area contributed by atoms with Crippen LogP contribution in [0.3, 0.4) is 0 Å². The Morgan fingerprint density at radius 3 is 2.44 bits per heavy atom. The number of rotatable bonds is 7. The lowest BCUT2D eigenvalue weighted by Crippen LogP contribution is -2.39. The van der Waals surface area contributed by atoms with Crippen LogP contribution in [0.2, 0.25) is 0 Å². The number of carbonyl (C=O) groups excluding carboxylic acids is 1. The summed E-state index contributed by atoms with van der Waals surface area (Å²) in [4.78, 5) is 15.3. The van der Waals surface area contributed by atoms with Crippen molar-refractivity contribution in [3.63, 3.8) is 0 Å². The predicted octanol–water partition coefficient (Wildman–Crippen LogP) is 4.37. The molecule has 138 valence electrons. The first-order valence-corrected chi connectivity index (χ1v) is 9.62. The van der Waals surface area contributed by atoms with Crippen LogP contribution in [0.1, 0.15) is 41.3 Å². The maximum absolute atomic E-state index is 13.3. The molecule has 1 heterocycles. The average molecular weight is 359 g/mol. The second-order valence-corrected chi connectivity index (χ2v) is 7.40. The van der Waals surface area contributed by atoms with Gasteiger partial charge in [-0.3, -0.25) is 9.48 Å². The molecule has 1 aromatic heterocycles. The van der Waals surface area contributed by atoms with Crippen LogP contribution in [0.25, 0.3) is 0 Å². The number of aromatic nitrogens is 2. The normalized spacial score (nSPS) is 14.7. The van der Waals surface area contributed by atoms with Gasteiger partial charge >= 0.3 is 0 Å². The highest BCUT2D eigenvalue weighted by Crippen LogP contribution is 2.36. The molecule has 1 atom stereocenters. The standard InChI is InChI=1S/C23H25N3O/c1-18(21-12-13-21)26(17-19-6-3-2-4-7-19)23(27)22-10-8-20(9-11-22)16-25-15-5-14-24-25/h2-11,14-15,18,21H,12-13,16-17H2,1H3. The van der Waals surface area contributed by atoms with Gasteiger partial charge in [-0.25, -0.2) is 0 Å². The Hall–Kier alpha value is -2.88. The first-order valence-electron chi connectivity index (χ1n) is 9.62. The Morgan fingerprint density at radius 2 is 1.81 bits per heavy atom. The first-order chi connectivity index (χ1) is 13.2. The third kappa shape index (κ3) is 4.27. The van der Waals surface area contributed by atoms with E-state index in [1.165, 1.54) is 18.4 Å². The molecule has 1 saturated carbocycles. The number of carbonyl (C=O) groups is 1. The Labute approximate surface area is 160 Å². The molecule has 0 N–H and O–H groups in total. The molecule has 3 aromatic rings. The van der Waals surface area contributed by atoms with E-state index < -0.39 is 0 Å². The molecule has 4 heteroatoms. The number of amides is 1. The SMILES string of the molecule is CC(C1CC1)N(Cc1ccccc1)C(=O)c1ccc(Cn2cccn2)cc1. The maximum Gasteiger partial charge on any atom is 0.254 e. The minimum atomic E-state index is 0.115. The summed E-state index contributed by atoms with van der Waals surface area (Å²) < 4.78 is 1.88. The van der Waals surface area contributed by atoms with E-state index in [9.17, 15) is 4.79 Å². The lowest BCUT2D eigenvalue weighted by Gasteiger charge is -2.30. The molecule has 4 rings (SSSR count). The fraction of sp³-hybridized carbons (Fsp3) is 0.304. The lowest BCUT2D eigenvalue weighted by atomic mass is 10.1. The second kappa shape index (κ2) is 7.78. The van der Waals surface area contributed by atoms with Gasteiger partial charge in [0.15, 0.2) is 0 Å². The van der Waals surface area contributed by atoms with Crippen LogP contribution in [0, 0.1) is 5.92 Å². The van der Waals surface area contributed by atoms with E-state index in [0.717, 1.165) is 11.1 Å². The van der Waals surface area contributed by atoms with E-state index in [-0.39, 0.29) is 11.9 Å². The van der Waals surface area contributed by atoms with E-state index in [4.69, 9.17) is 0 Å². The zero-order chi connectivity index (χ0) is 18.6. The predicted molar refractivity (Wildman–Crippen MR) is 106 cm³/mol. The van der Waals surface area contributed by atoms with Crippen molar-refractivity contribution in [1.29, 1.82) is 0 Å². The average Bonchev–Trinajstić information content (AvgIpc) is 3.44. The highest BCUT2D eigenvalue weighted by molar-refractivity contribution is 5.94. The summed E-state index contributed by atoms with van der Waals surface area (Å²) in [6.45, 7) is 3.56. The molecule has 0 spiro atoms. The molecular formula is C23H25N3O. The monoisotopic (exact) mass is 359 g/mol. The fourth-order valence-corrected chi connectivity index (χ4v) is 3.51. The highest BCUT2D eigenvalue weighted by Gasteiger charge is 2.34. The minimum Gasteiger partial charge on any atom is -0.331 e. The Morgan fingerprint density at radius 1 is 1.07 bits per heavy atom. The van der Waals surface area contributed by atoms with E-state index in [2.05, 4.69) is 24.2 Å². The molecule has 0 saturated heterocycles. The van der Waals surface area contributed by atoms with Gasteiger partial charge in [-0.2, -0.15) is 5.10 Å². The van der Waals surface area contributed by atoms with Crippen LogP contribution in [0.4, 0.5) is 0 Å². The van der Waals surface area contributed by atoms with Gasteiger partial charge < -0.3 is 4.90 Å². The minimum absolute atomic E-state index is 0.115. The molecular weight excluding hydrogens is 334 g/mol. The van der Waals surface area contributed by atoms with E-state index >= 15 is 0 Å². The summed E-state index contributed by atoms with van der Waals surface area (Å²) >= 11 is 0. The third-order valence-corrected chi connectivity index (χ3v) is 5.36. The maximum atomic E-state index is 13.3. The van der Waals surface area contributed by atoms with Crippen molar-refractivity contribution >= 4 is 5.91 Å². The number of hydrogen-bond acceptors (Lipinski definition) is 2. The zero-order valence-corrected chi connectivity index (χ0v) is 15.7. The summed E-state index contributed by atoms with van der Waals surface area (Å²) in [6.07, 6.45) is 6.17. The molecule has 1 aliphatic rings. The van der Waals surface area contributed by atoms with Crippen molar-refractivity contribution in [1.82, 2.24) is 14.7 Å². The molecule has 27 heavy (non-hydrogen) atoms. The van der Waals surface area contributed by atoms with E-state index in [1.54, 1.807) is 6.20 Å². The van der Waals surface area contributed by atoms with Crippen LogP contribution >= 0.6 is 0 Å². The van der Waals surface area contributed by atoms with E-state index in [1.807, 2.05) is 64.3 Å². The molecule has 4 nitrogen and oxygen atoms in total. The van der Waals surface area contributed by atoms with Gasteiger partial charge in [0.2, 0.25) is 0 Å². The van der Waals surface area contributed by atoms with Gasteiger partial charge in [0.05, 0.1) is 6.54 Å². The molecule has 1 aliphatic carbocycles. The summed E-state index contributed by atoms with van der Waals surface area (Å²) in [5, 5.41) is 4.24. The molecule has 0 aliphatic heterocycles. The first kappa shape index (κ1) is 17.5. The smallest absolute Gasteiger partial charge is 0.254 e. The van der Waals surface area contributed by atoms with Crippen LogP contribution in [0.5, 0.6) is 0 Å². The Bertz CT molecular complexity index is 868. The van der Waals surface area contributed by atoms with Crippen molar-refractivity contribution < 1.29 is 4.79 Å². The van der Waals surface area contributed by atoms with Crippen LogP contribution in [0.15, 0.2) is 73.1 Å². The number of benzene rings is 2. The molecule has 0 bridgehead atoms. The van der Waals surface area contributed by atoms with Crippen molar-refractivity contribution in [2.24, 2.45) is 5.92 Å². The van der Waals surface area contributed by atoms with Crippen molar-refractivity contribution in [3.05, 3.63) is 89.7 Å². The summed E-state index contributed by atoms with van der Waals surface area (Å²) in [5.41, 5.74) is 3.07. The van der Waals surface area contributed by atoms with Crippen LogP contribution < -0.4 is 0 Å². The van der Waals surface area contributed by atoms with Gasteiger partial charge in [-0.15, -0.1) is 0 Å². The molecule has 0 radical (unpaired) electrons. The largest absolute Gasteiger partial charge is 0.331 e. The van der Waals surface area contributed by atoms with Crippen molar-refractivity contribution in [2.75, 3.05) is 0 Å². The molecule has 1 unspecified atom stereocenters. The summed E-state index contributed by atoms with van der Waals surface area (Å²) in [5.74, 6) is 0.751. The highest BCUT2D eigenvalue weighted by atomic mass is 16.2. The fourth-order valence-electron chi connectivity index (χ4n) is 3.51. The quantitative estimate of drug-likeness (QED) is 0.628. The van der Waals surface area contributed by atoms with Gasteiger partial charge in [0.1, 0.15) is 0 Å². The van der Waals surface area contributed by atoms with Crippen molar-refractivity contribution in [2.45, 2.75) is 38.9 Å². The molecule has 2 aromatic carbocycles. The summed E-state index contributed by atoms with van der Waals surface area (Å²) in [7, 11) is 0. The van der Waals surface area contributed by atoms with Gasteiger partial charge in [-0.05, 0) is 55.0 Å².